The van der Waals surface area contributed by atoms with E-state index in [1.54, 1.807) is 7.11 Å². The number of aryl methyl sites for hydroxylation is 2. The van der Waals surface area contributed by atoms with Crippen molar-refractivity contribution in [2.45, 2.75) is 58.3 Å². The molecule has 0 amide bonds. The zero-order valence-electron chi connectivity index (χ0n) is 17.3. The van der Waals surface area contributed by atoms with Crippen molar-refractivity contribution in [1.29, 1.82) is 0 Å². The Hall–Kier alpha value is -2.21. The van der Waals surface area contributed by atoms with E-state index in [0.717, 1.165) is 42.7 Å². The molecule has 0 spiro atoms. The molecule has 1 aromatic rings. The lowest BCUT2D eigenvalue weighted by atomic mass is 9.99. The molecule has 1 aromatic heterocycles. The molecule has 0 aromatic carbocycles. The summed E-state index contributed by atoms with van der Waals surface area (Å²) < 4.78 is 11.0. The molecule has 3 aliphatic rings. The van der Waals surface area contributed by atoms with E-state index in [-0.39, 0.29) is 12.3 Å². The van der Waals surface area contributed by atoms with Gasteiger partial charge in [-0.2, -0.15) is 0 Å². The van der Waals surface area contributed by atoms with E-state index < -0.39 is 0 Å². The molecule has 0 bridgehead atoms. The molecule has 4 unspecified atom stereocenters. The van der Waals surface area contributed by atoms with Gasteiger partial charge in [-0.3, -0.25) is 9.89 Å². The summed E-state index contributed by atoms with van der Waals surface area (Å²) >= 11 is 0. The van der Waals surface area contributed by atoms with Gasteiger partial charge in [0.25, 0.3) is 0 Å². The van der Waals surface area contributed by atoms with Gasteiger partial charge >= 0.3 is 0 Å². The molecule has 0 saturated carbocycles. The van der Waals surface area contributed by atoms with Gasteiger partial charge in [0, 0.05) is 31.3 Å². The van der Waals surface area contributed by atoms with Gasteiger partial charge in [0.1, 0.15) is 0 Å². The predicted molar refractivity (Wildman–Crippen MR) is 111 cm³/mol. The van der Waals surface area contributed by atoms with E-state index in [1.807, 2.05) is 13.8 Å². The number of fused-ring (bicyclic) bond motifs is 1. The fourth-order valence-electron chi connectivity index (χ4n) is 4.39. The fourth-order valence-corrected chi connectivity index (χ4v) is 4.39. The lowest BCUT2D eigenvalue weighted by Gasteiger charge is -2.27. The van der Waals surface area contributed by atoms with Crippen LogP contribution < -0.4 is 4.74 Å². The minimum absolute atomic E-state index is 0.0110. The van der Waals surface area contributed by atoms with Crippen molar-refractivity contribution >= 4 is 11.6 Å². The first-order valence-electron chi connectivity index (χ1n) is 10.2. The summed E-state index contributed by atoms with van der Waals surface area (Å²) in [5.41, 5.74) is 3.46. The van der Waals surface area contributed by atoms with E-state index in [0.29, 0.717) is 11.9 Å². The minimum atomic E-state index is -0.0919. The molecule has 4 heterocycles. The molecule has 6 heteroatoms. The summed E-state index contributed by atoms with van der Waals surface area (Å²) in [6.45, 7) is 8.44. The van der Waals surface area contributed by atoms with Crippen LogP contribution in [-0.4, -0.2) is 60.0 Å². The van der Waals surface area contributed by atoms with Gasteiger partial charge in [-0.1, -0.05) is 0 Å². The zero-order chi connectivity index (χ0) is 19.7. The highest BCUT2D eigenvalue weighted by molar-refractivity contribution is 6.00. The van der Waals surface area contributed by atoms with Crippen LogP contribution in [0.2, 0.25) is 0 Å². The highest BCUT2D eigenvalue weighted by Gasteiger charge is 2.33. The number of rotatable bonds is 6. The first-order chi connectivity index (χ1) is 13.5. The van der Waals surface area contributed by atoms with E-state index in [1.165, 1.54) is 18.4 Å². The molecule has 150 valence electrons. The fraction of sp³-hybridized carbons (Fsp3) is 0.591. The summed E-state index contributed by atoms with van der Waals surface area (Å²) in [7, 11) is 1.68. The van der Waals surface area contributed by atoms with Crippen molar-refractivity contribution in [1.82, 2.24) is 9.88 Å². The maximum absolute atomic E-state index is 5.66. The molecule has 28 heavy (non-hydrogen) atoms. The number of hydrogen-bond acceptors (Lipinski definition) is 6. The zero-order valence-corrected chi connectivity index (χ0v) is 17.3. The third-order valence-corrected chi connectivity index (χ3v) is 5.99. The number of ether oxygens (including phenoxy) is 2. The maximum atomic E-state index is 5.66. The first kappa shape index (κ1) is 19.1. The van der Waals surface area contributed by atoms with Gasteiger partial charge in [0.2, 0.25) is 5.88 Å². The Balaban J connectivity index is 1.32. The van der Waals surface area contributed by atoms with Crippen LogP contribution >= 0.6 is 0 Å². The average Bonchev–Trinajstić information content (AvgIpc) is 3.30. The van der Waals surface area contributed by atoms with Gasteiger partial charge < -0.3 is 9.47 Å². The highest BCUT2D eigenvalue weighted by Crippen LogP contribution is 2.27. The summed E-state index contributed by atoms with van der Waals surface area (Å²) in [4.78, 5) is 16.3. The smallest absolute Gasteiger partial charge is 0.213 e. The van der Waals surface area contributed by atoms with Crippen LogP contribution in [0.3, 0.4) is 0 Å². The number of pyridine rings is 1. The van der Waals surface area contributed by atoms with Crippen LogP contribution in [0.15, 0.2) is 34.3 Å². The second-order valence-electron chi connectivity index (χ2n) is 8.08. The van der Waals surface area contributed by atoms with Gasteiger partial charge in [-0.05, 0) is 69.4 Å². The summed E-state index contributed by atoms with van der Waals surface area (Å²) in [5.74, 6) is 2.17. The quantitative estimate of drug-likeness (QED) is 0.758. The van der Waals surface area contributed by atoms with Crippen molar-refractivity contribution in [3.63, 3.8) is 0 Å². The summed E-state index contributed by atoms with van der Waals surface area (Å²) in [6, 6.07) is 4.55. The lowest BCUT2D eigenvalue weighted by Crippen LogP contribution is -2.39. The van der Waals surface area contributed by atoms with Crippen LogP contribution in [0.1, 0.15) is 37.9 Å². The lowest BCUT2D eigenvalue weighted by molar-refractivity contribution is 0.238. The largest absolute Gasteiger partial charge is 0.481 e. The van der Waals surface area contributed by atoms with Crippen LogP contribution in [0, 0.1) is 12.8 Å². The van der Waals surface area contributed by atoms with E-state index in [4.69, 9.17) is 14.5 Å². The molecule has 4 atom stereocenters. The first-order valence-corrected chi connectivity index (χ1v) is 10.2. The van der Waals surface area contributed by atoms with Crippen LogP contribution in [0.4, 0.5) is 0 Å². The number of aromatic nitrogens is 1. The topological polar surface area (TPSA) is 59.3 Å². The van der Waals surface area contributed by atoms with E-state index in [2.05, 4.69) is 46.1 Å². The molecule has 4 rings (SSSR count). The molecule has 6 nitrogen and oxygen atoms in total. The summed E-state index contributed by atoms with van der Waals surface area (Å²) in [5, 5.41) is 0. The van der Waals surface area contributed by atoms with Gasteiger partial charge in [-0.15, -0.1) is 0 Å². The number of nitrogens with zero attached hydrogens (tertiary/aromatic N) is 4. The molecular formula is C22H30N4O2. The third kappa shape index (κ3) is 4.12. The molecule has 0 radical (unpaired) electrons. The minimum Gasteiger partial charge on any atom is -0.481 e. The molecule has 3 aliphatic heterocycles. The van der Waals surface area contributed by atoms with Crippen molar-refractivity contribution in [2.24, 2.45) is 15.9 Å². The Morgan fingerprint density at radius 3 is 2.96 bits per heavy atom. The van der Waals surface area contributed by atoms with Crippen LogP contribution in [-0.2, 0) is 11.2 Å². The third-order valence-electron chi connectivity index (χ3n) is 5.99. The number of likely N-dealkylation sites (tertiary alicyclic amines) is 1. The standard InChI is InChI=1S/C22H30N4O2/c1-14-11-18(12-21(23-14)27-4)6-5-17-9-10-26(13-17)15(2)19-7-8-20-22(25-19)24-16(3)28-20/h7-8,11-12,15,17,20,22H,5-6,9-10,13H2,1-4H3. The van der Waals surface area contributed by atoms with E-state index >= 15 is 0 Å². The Morgan fingerprint density at radius 2 is 2.14 bits per heavy atom. The normalized spacial score (nSPS) is 27.8. The molecule has 1 fully saturated rings. The van der Waals surface area contributed by atoms with Crippen LogP contribution in [0.5, 0.6) is 5.88 Å². The molecule has 0 aliphatic carbocycles. The number of methoxy groups -OCH3 is 1. The SMILES string of the molecule is COc1cc(CCC2CCN(C(C)C3=NC4N=C(C)OC4C=C3)C2)cc(C)n1. The Morgan fingerprint density at radius 1 is 1.29 bits per heavy atom. The van der Waals surface area contributed by atoms with Crippen molar-refractivity contribution < 1.29 is 9.47 Å². The monoisotopic (exact) mass is 382 g/mol. The van der Waals surface area contributed by atoms with Crippen molar-refractivity contribution in [2.75, 3.05) is 20.2 Å². The van der Waals surface area contributed by atoms with Gasteiger partial charge in [-0.25, -0.2) is 9.98 Å². The maximum Gasteiger partial charge on any atom is 0.213 e. The Kier molecular flexibility index (Phi) is 5.49. The number of aliphatic imine (C=N–C) groups is 2. The second kappa shape index (κ2) is 8.03. The van der Waals surface area contributed by atoms with Crippen LogP contribution in [0.25, 0.3) is 0 Å². The average molecular weight is 383 g/mol. The molecular weight excluding hydrogens is 352 g/mol. The summed E-state index contributed by atoms with van der Waals surface area (Å²) in [6.07, 6.45) is 7.64. The second-order valence-corrected chi connectivity index (χ2v) is 8.08. The van der Waals surface area contributed by atoms with Crippen molar-refractivity contribution in [3.05, 3.63) is 35.5 Å². The van der Waals surface area contributed by atoms with Crippen molar-refractivity contribution in [3.8, 4) is 5.88 Å². The van der Waals surface area contributed by atoms with Gasteiger partial charge in [0.15, 0.2) is 18.2 Å². The van der Waals surface area contributed by atoms with E-state index in [9.17, 15) is 0 Å². The Labute approximate surface area is 167 Å². The Bertz CT molecular complexity index is 817. The van der Waals surface area contributed by atoms with Gasteiger partial charge in [0.05, 0.1) is 12.8 Å². The molecule has 0 N–H and O–H groups in total. The highest BCUT2D eigenvalue weighted by atomic mass is 16.5. The molecule has 1 saturated heterocycles. The number of dihydropyridines is 1. The predicted octanol–water partition coefficient (Wildman–Crippen LogP) is 3.20. The number of hydrogen-bond donors (Lipinski definition) is 0.